The van der Waals surface area contributed by atoms with Crippen LogP contribution in [-0.4, -0.2) is 29.3 Å². The Balaban J connectivity index is 1.56. The van der Waals surface area contributed by atoms with E-state index in [1.165, 1.54) is 62.0 Å². The first kappa shape index (κ1) is 32.6. The van der Waals surface area contributed by atoms with Crippen molar-refractivity contribution >= 4 is 35.5 Å². The summed E-state index contributed by atoms with van der Waals surface area (Å²) >= 11 is 2.61. The summed E-state index contributed by atoms with van der Waals surface area (Å²) in [5.74, 6) is 1.01. The van der Waals surface area contributed by atoms with E-state index < -0.39 is 11.6 Å². The first-order chi connectivity index (χ1) is 19.0. The summed E-state index contributed by atoms with van der Waals surface area (Å²) in [6, 6.07) is 5.70. The third-order valence-electron chi connectivity index (χ3n) is 7.88. The number of benzene rings is 1. The zero-order valence-electron chi connectivity index (χ0n) is 24.7. The summed E-state index contributed by atoms with van der Waals surface area (Å²) in [7, 11) is 0. The number of fused-ring (bicyclic) bond motifs is 1. The standard InChI is InChI=1S/C32H45NO5S2/c1-6-7-9-21(2)10-8-11-23-13-15-24(16-14-23)29(34)38-26-17-12-22(3)27-28(26)40-31(39-27)25(20-33)30(35)37-19-18-32(4,5)36/h12,17,21,23-24,36H,6-11,13-16,18-19H2,1-5H3/b31-25+. The molecule has 0 bridgehead atoms. The number of nitriles is 1. The molecule has 0 spiro atoms. The van der Waals surface area contributed by atoms with E-state index in [1.807, 2.05) is 25.1 Å². The second-order valence-corrected chi connectivity index (χ2v) is 14.3. The van der Waals surface area contributed by atoms with Crippen molar-refractivity contribution in [1.82, 2.24) is 0 Å². The number of hydrogen-bond acceptors (Lipinski definition) is 8. The molecule has 1 saturated carbocycles. The predicted octanol–water partition coefficient (Wildman–Crippen LogP) is 8.34. The molecule has 3 rings (SSSR count). The topological polar surface area (TPSA) is 96.6 Å². The highest BCUT2D eigenvalue weighted by atomic mass is 32.2. The highest BCUT2D eigenvalue weighted by molar-refractivity contribution is 8.24. The van der Waals surface area contributed by atoms with Crippen LogP contribution in [0.25, 0.3) is 0 Å². The van der Waals surface area contributed by atoms with Crippen LogP contribution in [0, 0.1) is 36.0 Å². The van der Waals surface area contributed by atoms with Crippen LogP contribution in [-0.2, 0) is 14.3 Å². The van der Waals surface area contributed by atoms with Crippen molar-refractivity contribution in [3.63, 3.8) is 0 Å². The Kier molecular flexibility index (Phi) is 12.5. The third-order valence-corrected chi connectivity index (χ3v) is 10.6. The number of nitrogens with zero attached hydrogens (tertiary/aromatic N) is 1. The lowest BCUT2D eigenvalue weighted by Gasteiger charge is -2.27. The van der Waals surface area contributed by atoms with Crippen LogP contribution in [0.4, 0.5) is 0 Å². The van der Waals surface area contributed by atoms with Gasteiger partial charge in [0.15, 0.2) is 5.57 Å². The van der Waals surface area contributed by atoms with E-state index in [1.54, 1.807) is 13.8 Å². The number of ether oxygens (including phenoxy) is 2. The van der Waals surface area contributed by atoms with Crippen molar-refractivity contribution in [2.75, 3.05) is 6.61 Å². The molecule has 1 fully saturated rings. The summed E-state index contributed by atoms with van der Waals surface area (Å²) in [5, 5.41) is 19.6. The first-order valence-corrected chi connectivity index (χ1v) is 16.4. The smallest absolute Gasteiger partial charge is 0.350 e. The van der Waals surface area contributed by atoms with Gasteiger partial charge in [0.25, 0.3) is 0 Å². The Labute approximate surface area is 248 Å². The Morgan fingerprint density at radius 2 is 1.80 bits per heavy atom. The van der Waals surface area contributed by atoms with Gasteiger partial charge in [0.1, 0.15) is 11.8 Å². The molecule has 220 valence electrons. The van der Waals surface area contributed by atoms with E-state index in [9.17, 15) is 20.0 Å². The van der Waals surface area contributed by atoms with Gasteiger partial charge in [-0.15, -0.1) is 0 Å². The molecule has 6 nitrogen and oxygen atoms in total. The van der Waals surface area contributed by atoms with E-state index in [0.717, 1.165) is 47.0 Å². The minimum Gasteiger partial charge on any atom is -0.461 e. The van der Waals surface area contributed by atoms with E-state index in [-0.39, 0.29) is 30.5 Å². The van der Waals surface area contributed by atoms with Crippen molar-refractivity contribution in [2.45, 2.75) is 121 Å². The normalized spacial score (nSPS) is 20.8. The molecule has 0 saturated heterocycles. The van der Waals surface area contributed by atoms with Gasteiger partial charge < -0.3 is 14.6 Å². The number of aliphatic hydroxyl groups is 1. The monoisotopic (exact) mass is 587 g/mol. The molecule has 2 aliphatic rings. The number of aryl methyl sites for hydroxylation is 1. The van der Waals surface area contributed by atoms with Crippen LogP contribution in [0.5, 0.6) is 5.75 Å². The SMILES string of the molecule is CCCCC(C)CCCC1CCC(C(=O)Oc2ccc(C)c3c2S/C(=C(\C#N)C(=O)OCCC(C)(C)O)S3)CC1. The van der Waals surface area contributed by atoms with Gasteiger partial charge in [-0.25, -0.2) is 4.79 Å². The molecule has 1 atom stereocenters. The number of esters is 2. The van der Waals surface area contributed by atoms with E-state index in [4.69, 9.17) is 9.47 Å². The summed E-state index contributed by atoms with van der Waals surface area (Å²) in [5.41, 5.74) is -0.0501. The van der Waals surface area contributed by atoms with Crippen LogP contribution in [0.15, 0.2) is 31.7 Å². The summed E-state index contributed by atoms with van der Waals surface area (Å²) in [4.78, 5) is 27.4. The fourth-order valence-corrected chi connectivity index (χ4v) is 7.86. The van der Waals surface area contributed by atoms with E-state index in [2.05, 4.69) is 13.8 Å². The van der Waals surface area contributed by atoms with Crippen LogP contribution in [0.3, 0.4) is 0 Å². The Bertz CT molecular complexity index is 1110. The van der Waals surface area contributed by atoms with Gasteiger partial charge in [-0.1, -0.05) is 82.0 Å². The van der Waals surface area contributed by atoms with Gasteiger partial charge in [-0.05, 0) is 69.9 Å². The van der Waals surface area contributed by atoms with Gasteiger partial charge in [0.2, 0.25) is 0 Å². The van der Waals surface area contributed by atoms with Crippen LogP contribution in [0.2, 0.25) is 0 Å². The van der Waals surface area contributed by atoms with Crippen LogP contribution in [0.1, 0.15) is 104 Å². The molecular formula is C32H45NO5S2. The van der Waals surface area contributed by atoms with E-state index in [0.29, 0.717) is 15.9 Å². The third kappa shape index (κ3) is 9.56. The largest absolute Gasteiger partial charge is 0.461 e. The average Bonchev–Trinajstić information content (AvgIpc) is 3.35. The molecule has 40 heavy (non-hydrogen) atoms. The highest BCUT2D eigenvalue weighted by Gasteiger charge is 2.32. The summed E-state index contributed by atoms with van der Waals surface area (Å²) in [6.45, 7) is 9.87. The molecule has 0 aromatic heterocycles. The number of unbranched alkanes of at least 4 members (excludes halogenated alkanes) is 1. The number of rotatable bonds is 13. The van der Waals surface area contributed by atoms with Gasteiger partial charge >= 0.3 is 11.9 Å². The van der Waals surface area contributed by atoms with Crippen LogP contribution < -0.4 is 4.74 Å². The molecule has 8 heteroatoms. The maximum Gasteiger partial charge on any atom is 0.350 e. The molecule has 1 aliphatic heterocycles. The second-order valence-electron chi connectivity index (χ2n) is 12.0. The highest BCUT2D eigenvalue weighted by Crippen LogP contribution is 2.57. The van der Waals surface area contributed by atoms with Crippen molar-refractivity contribution < 1.29 is 24.2 Å². The van der Waals surface area contributed by atoms with Gasteiger partial charge in [0, 0.05) is 11.3 Å². The van der Waals surface area contributed by atoms with Crippen molar-refractivity contribution in [1.29, 1.82) is 5.26 Å². The number of thioether (sulfide) groups is 2. The average molecular weight is 588 g/mol. The van der Waals surface area contributed by atoms with Crippen molar-refractivity contribution in [3.05, 3.63) is 27.5 Å². The van der Waals surface area contributed by atoms with Crippen molar-refractivity contribution in [3.8, 4) is 11.8 Å². The summed E-state index contributed by atoms with van der Waals surface area (Å²) in [6.07, 6.45) is 11.9. The molecular weight excluding hydrogens is 542 g/mol. The molecule has 1 aromatic rings. The Morgan fingerprint density at radius 3 is 2.45 bits per heavy atom. The Hall–Kier alpha value is -1.95. The molecule has 1 aromatic carbocycles. The maximum atomic E-state index is 13.1. The molecule has 1 N–H and O–H groups in total. The Morgan fingerprint density at radius 1 is 1.12 bits per heavy atom. The summed E-state index contributed by atoms with van der Waals surface area (Å²) < 4.78 is 11.7. The molecule has 0 radical (unpaired) electrons. The predicted molar refractivity (Wildman–Crippen MR) is 161 cm³/mol. The molecule has 1 aliphatic carbocycles. The van der Waals surface area contributed by atoms with Crippen molar-refractivity contribution in [2.24, 2.45) is 17.8 Å². The lowest BCUT2D eigenvalue weighted by atomic mass is 9.79. The van der Waals surface area contributed by atoms with E-state index >= 15 is 0 Å². The molecule has 0 amide bonds. The number of hydrogen-bond donors (Lipinski definition) is 1. The zero-order chi connectivity index (χ0) is 29.3. The zero-order valence-corrected chi connectivity index (χ0v) is 26.3. The van der Waals surface area contributed by atoms with Crippen LogP contribution >= 0.6 is 23.5 Å². The minimum atomic E-state index is -0.963. The van der Waals surface area contributed by atoms with Gasteiger partial charge in [0.05, 0.1) is 27.3 Å². The lowest BCUT2D eigenvalue weighted by Crippen LogP contribution is -2.26. The molecule has 1 heterocycles. The fraction of sp³-hybridized carbons (Fsp3) is 0.656. The minimum absolute atomic E-state index is 0.0191. The number of carbonyl (C=O) groups excluding carboxylic acids is 2. The first-order valence-electron chi connectivity index (χ1n) is 14.8. The quantitative estimate of drug-likeness (QED) is 0.106. The second kappa shape index (κ2) is 15.3. The molecule has 1 unspecified atom stereocenters. The van der Waals surface area contributed by atoms with Gasteiger partial charge in [-0.2, -0.15) is 5.26 Å². The number of carbonyl (C=O) groups is 2. The fourth-order valence-electron chi connectivity index (χ4n) is 5.23. The maximum absolute atomic E-state index is 13.1. The van der Waals surface area contributed by atoms with Gasteiger partial charge in [-0.3, -0.25) is 4.79 Å². The lowest BCUT2D eigenvalue weighted by molar-refractivity contribution is -0.141.